The highest BCUT2D eigenvalue weighted by atomic mass is 16.3. The number of hydrogen-bond acceptors (Lipinski definition) is 3. The monoisotopic (exact) mass is 666 g/mol. The third kappa shape index (κ3) is 5.09. The fourth-order valence-corrected chi connectivity index (χ4v) is 7.99. The second kappa shape index (κ2) is 12.6. The van der Waals surface area contributed by atoms with Gasteiger partial charge in [0, 0.05) is 39.6 Å². The van der Waals surface area contributed by atoms with Crippen molar-refractivity contribution in [2.24, 2.45) is 0 Å². The fourth-order valence-electron chi connectivity index (χ4n) is 7.99. The van der Waals surface area contributed by atoms with Crippen molar-refractivity contribution in [2.45, 2.75) is 12.3 Å². The van der Waals surface area contributed by atoms with Crippen molar-refractivity contribution in [3.8, 4) is 22.3 Å². The molecular formula is C49H34N2O. The van der Waals surface area contributed by atoms with Crippen LogP contribution in [-0.4, -0.2) is 4.98 Å². The molecule has 246 valence electrons. The molecule has 0 bridgehead atoms. The van der Waals surface area contributed by atoms with Crippen LogP contribution in [0.5, 0.6) is 0 Å². The van der Waals surface area contributed by atoms with Crippen LogP contribution >= 0.6 is 0 Å². The van der Waals surface area contributed by atoms with Gasteiger partial charge >= 0.3 is 0 Å². The summed E-state index contributed by atoms with van der Waals surface area (Å²) in [6, 6.07) is 54.8. The van der Waals surface area contributed by atoms with Crippen molar-refractivity contribution in [3.63, 3.8) is 0 Å². The van der Waals surface area contributed by atoms with Gasteiger partial charge in [0.2, 0.25) is 0 Å². The number of allylic oxidation sites excluding steroid dienone is 4. The third-order valence-electron chi connectivity index (χ3n) is 10.5. The first-order valence-electron chi connectivity index (χ1n) is 17.9. The number of pyridine rings is 1. The van der Waals surface area contributed by atoms with Gasteiger partial charge in [-0.3, -0.25) is 4.98 Å². The van der Waals surface area contributed by atoms with Crippen molar-refractivity contribution in [3.05, 3.63) is 194 Å². The topological polar surface area (TPSA) is 29.3 Å². The average molecular weight is 667 g/mol. The standard InChI is InChI=1S/C49H34N2O/c1-2-11-33(12-3-1)40-17-8-9-18-42(40)35-21-25-38(26-22-35)51(39-27-23-36(24-28-39)43-20-10-15-34-13-4-6-16-41(34)43)48-44-19-7-5-14-37(44)31-46-45-29-30-50-32-47(45)52-49(46)48/h1-11,13-33H,12H2. The third-order valence-corrected chi connectivity index (χ3v) is 10.5. The van der Waals surface area contributed by atoms with E-state index >= 15 is 0 Å². The molecule has 3 heteroatoms. The smallest absolute Gasteiger partial charge is 0.160 e. The van der Waals surface area contributed by atoms with Gasteiger partial charge in [0.05, 0.1) is 11.9 Å². The van der Waals surface area contributed by atoms with Crippen molar-refractivity contribution in [1.29, 1.82) is 0 Å². The summed E-state index contributed by atoms with van der Waals surface area (Å²) < 4.78 is 6.72. The highest BCUT2D eigenvalue weighted by Crippen LogP contribution is 2.47. The number of anilines is 3. The summed E-state index contributed by atoms with van der Waals surface area (Å²) in [5.74, 6) is 0.365. The maximum Gasteiger partial charge on any atom is 0.160 e. The van der Waals surface area contributed by atoms with Crippen molar-refractivity contribution in [2.75, 3.05) is 4.90 Å². The highest BCUT2D eigenvalue weighted by molar-refractivity contribution is 6.19. The molecule has 0 amide bonds. The maximum absolute atomic E-state index is 6.72. The summed E-state index contributed by atoms with van der Waals surface area (Å²) in [7, 11) is 0. The molecule has 1 aliphatic rings. The van der Waals surface area contributed by atoms with E-state index in [9.17, 15) is 0 Å². The Morgan fingerprint density at radius 3 is 2.02 bits per heavy atom. The van der Waals surface area contributed by atoms with Crippen LogP contribution in [0.3, 0.4) is 0 Å². The molecular weight excluding hydrogens is 633 g/mol. The van der Waals surface area contributed by atoms with Crippen LogP contribution in [-0.2, 0) is 0 Å². The zero-order chi connectivity index (χ0) is 34.4. The zero-order valence-electron chi connectivity index (χ0n) is 28.5. The SMILES string of the molecule is C1=CCC(c2ccccc2-c2ccc(N(c3ccc(-c4cccc5ccccc45)cc3)c3c4ccccc4cc4c3oc3cnccc34)cc2)C=C1. The molecule has 52 heavy (non-hydrogen) atoms. The molecule has 10 rings (SSSR count). The van der Waals surface area contributed by atoms with Crippen LogP contribution in [0.4, 0.5) is 17.1 Å². The lowest BCUT2D eigenvalue weighted by atomic mass is 9.86. The quantitative estimate of drug-likeness (QED) is 0.177. The van der Waals surface area contributed by atoms with Gasteiger partial charge in [0.15, 0.2) is 11.2 Å². The predicted octanol–water partition coefficient (Wildman–Crippen LogP) is 13.7. The van der Waals surface area contributed by atoms with Crippen LogP contribution < -0.4 is 4.90 Å². The molecule has 2 heterocycles. The van der Waals surface area contributed by atoms with Gasteiger partial charge in [-0.1, -0.05) is 140 Å². The lowest BCUT2D eigenvalue weighted by Gasteiger charge is -2.27. The Bertz CT molecular complexity index is 2820. The zero-order valence-corrected chi connectivity index (χ0v) is 28.5. The Labute approximate surface area is 302 Å². The molecule has 0 aliphatic heterocycles. The van der Waals surface area contributed by atoms with E-state index in [1.807, 2.05) is 18.5 Å². The van der Waals surface area contributed by atoms with Crippen LogP contribution in [0, 0.1) is 0 Å². The summed E-state index contributed by atoms with van der Waals surface area (Å²) in [6.07, 6.45) is 13.5. The minimum Gasteiger partial charge on any atom is -0.452 e. The van der Waals surface area contributed by atoms with Crippen LogP contribution in [0.2, 0.25) is 0 Å². The molecule has 7 aromatic carbocycles. The van der Waals surface area contributed by atoms with E-state index in [1.54, 1.807) is 0 Å². The minimum atomic E-state index is 0.365. The number of nitrogens with zero attached hydrogens (tertiary/aromatic N) is 2. The molecule has 3 nitrogen and oxygen atoms in total. The van der Waals surface area contributed by atoms with Crippen LogP contribution in [0.25, 0.3) is 65.7 Å². The average Bonchev–Trinajstić information content (AvgIpc) is 3.59. The fraction of sp³-hybridized carbons (Fsp3) is 0.0408. The van der Waals surface area contributed by atoms with E-state index in [4.69, 9.17) is 4.42 Å². The predicted molar refractivity (Wildman–Crippen MR) is 218 cm³/mol. The molecule has 0 saturated carbocycles. The van der Waals surface area contributed by atoms with Gasteiger partial charge in [-0.25, -0.2) is 0 Å². The largest absolute Gasteiger partial charge is 0.452 e. The Morgan fingerprint density at radius 2 is 1.23 bits per heavy atom. The summed E-state index contributed by atoms with van der Waals surface area (Å²) in [4.78, 5) is 6.75. The normalized spacial score (nSPS) is 14.1. The molecule has 2 aromatic heterocycles. The van der Waals surface area contributed by atoms with Gasteiger partial charge in [-0.2, -0.15) is 0 Å². The molecule has 0 N–H and O–H groups in total. The van der Waals surface area contributed by atoms with Crippen molar-refractivity contribution >= 4 is 60.5 Å². The van der Waals surface area contributed by atoms with E-state index in [1.165, 1.54) is 38.6 Å². The molecule has 1 unspecified atom stereocenters. The van der Waals surface area contributed by atoms with Gasteiger partial charge < -0.3 is 9.32 Å². The Hall–Kier alpha value is -6.71. The second-order valence-electron chi connectivity index (χ2n) is 13.5. The van der Waals surface area contributed by atoms with Crippen molar-refractivity contribution < 1.29 is 4.42 Å². The van der Waals surface area contributed by atoms with Gasteiger partial charge in [0.25, 0.3) is 0 Å². The van der Waals surface area contributed by atoms with E-state index in [0.29, 0.717) is 5.92 Å². The Balaban J connectivity index is 1.17. The maximum atomic E-state index is 6.72. The number of fused-ring (bicyclic) bond motifs is 5. The van der Waals surface area contributed by atoms with Gasteiger partial charge in [-0.05, 0) is 86.8 Å². The van der Waals surface area contributed by atoms with Gasteiger partial charge in [-0.15, -0.1) is 0 Å². The van der Waals surface area contributed by atoms with E-state index in [0.717, 1.165) is 56.2 Å². The summed E-state index contributed by atoms with van der Waals surface area (Å²) in [6.45, 7) is 0. The van der Waals surface area contributed by atoms with Crippen molar-refractivity contribution in [1.82, 2.24) is 4.98 Å². The number of furan rings is 1. The molecule has 0 saturated heterocycles. The summed E-state index contributed by atoms with van der Waals surface area (Å²) in [5, 5.41) is 6.89. The second-order valence-corrected chi connectivity index (χ2v) is 13.5. The summed E-state index contributed by atoms with van der Waals surface area (Å²) in [5.41, 5.74) is 10.9. The number of benzene rings is 7. The number of hydrogen-bond donors (Lipinski definition) is 0. The Morgan fingerprint density at radius 1 is 0.558 bits per heavy atom. The van der Waals surface area contributed by atoms with Crippen LogP contribution in [0.15, 0.2) is 193 Å². The molecule has 0 radical (unpaired) electrons. The summed E-state index contributed by atoms with van der Waals surface area (Å²) >= 11 is 0. The lowest BCUT2D eigenvalue weighted by Crippen LogP contribution is -2.11. The number of rotatable bonds is 6. The molecule has 0 fully saturated rings. The highest BCUT2D eigenvalue weighted by Gasteiger charge is 2.23. The van der Waals surface area contributed by atoms with Gasteiger partial charge in [0.1, 0.15) is 0 Å². The van der Waals surface area contributed by atoms with E-state index in [2.05, 4.69) is 180 Å². The van der Waals surface area contributed by atoms with E-state index in [-0.39, 0.29) is 0 Å². The Kier molecular flexibility index (Phi) is 7.28. The first-order valence-corrected chi connectivity index (χ1v) is 17.9. The van der Waals surface area contributed by atoms with E-state index < -0.39 is 0 Å². The first kappa shape index (κ1) is 30.1. The van der Waals surface area contributed by atoms with Crippen LogP contribution in [0.1, 0.15) is 17.9 Å². The molecule has 1 atom stereocenters. The number of aromatic nitrogens is 1. The molecule has 9 aromatic rings. The molecule has 0 spiro atoms. The molecule has 1 aliphatic carbocycles. The minimum absolute atomic E-state index is 0.365. The lowest BCUT2D eigenvalue weighted by molar-refractivity contribution is 0.667. The first-order chi connectivity index (χ1) is 25.8.